The smallest absolute Gasteiger partial charge is 0.491 e. The highest BCUT2D eigenvalue weighted by molar-refractivity contribution is 7.81. The Morgan fingerprint density at radius 2 is 1.00 bits per heavy atom. The maximum absolute atomic E-state index is 9.22. The van der Waals surface area contributed by atoms with Crippen molar-refractivity contribution in [2.75, 3.05) is 56.4 Å². The molecular formula is C28H62N4O16S2Si4. The highest BCUT2D eigenvalue weighted by atomic mass is 32.3. The van der Waals surface area contributed by atoms with E-state index in [1.165, 1.54) is 0 Å². The zero-order chi connectivity index (χ0) is 41.7. The summed E-state index contributed by atoms with van der Waals surface area (Å²) in [6, 6.07) is 2.20. The van der Waals surface area contributed by atoms with Crippen LogP contribution in [-0.2, 0) is 91.1 Å². The summed E-state index contributed by atoms with van der Waals surface area (Å²) in [5.74, 6) is 0. The van der Waals surface area contributed by atoms with Gasteiger partial charge < -0.3 is 43.9 Å². The number of nitrogens with zero attached hydrogens (tertiary/aromatic N) is 4. The molecule has 0 aliphatic carbocycles. The van der Waals surface area contributed by atoms with E-state index in [4.69, 9.17) is 34.8 Å². The van der Waals surface area contributed by atoms with Gasteiger partial charge in [0.15, 0.2) is 0 Å². The van der Waals surface area contributed by atoms with E-state index in [9.17, 15) is 25.9 Å². The zero-order valence-corrected chi connectivity index (χ0v) is 39.3. The van der Waals surface area contributed by atoms with E-state index in [1.54, 1.807) is 35.5 Å². The van der Waals surface area contributed by atoms with E-state index in [0.29, 0.717) is 12.7 Å². The third kappa shape index (κ3) is 23.1. The van der Waals surface area contributed by atoms with Gasteiger partial charge in [-0.25, -0.2) is 35.1 Å². The summed E-state index contributed by atoms with van der Waals surface area (Å²) in [6.07, 6.45) is 15.9. The van der Waals surface area contributed by atoms with Crippen LogP contribution in [-0.4, -0.2) is 126 Å². The first-order chi connectivity index (χ1) is 25.0. The lowest BCUT2D eigenvalue weighted by Gasteiger charge is -2.43. The van der Waals surface area contributed by atoms with Crippen molar-refractivity contribution in [2.24, 2.45) is 14.1 Å². The quantitative estimate of drug-likeness (QED) is 0.0451. The number of hydrogen-bond acceptors (Lipinski definition) is 16. The van der Waals surface area contributed by atoms with Crippen molar-refractivity contribution >= 4 is 55.5 Å². The highest BCUT2D eigenvalue weighted by Gasteiger charge is 2.53. The molecule has 0 N–H and O–H groups in total. The van der Waals surface area contributed by atoms with Crippen LogP contribution in [0.4, 0.5) is 0 Å². The number of hydrogen-bond donors (Lipinski definition) is 0. The van der Waals surface area contributed by atoms with Gasteiger partial charge in [-0.05, 0) is 50.9 Å². The number of unbranched alkanes of at least 4 members (excludes halogenated alkanes) is 1. The van der Waals surface area contributed by atoms with Crippen molar-refractivity contribution in [1.29, 1.82) is 0 Å². The first-order valence-electron chi connectivity index (χ1n) is 16.8. The van der Waals surface area contributed by atoms with Crippen molar-refractivity contribution < 1.29 is 78.2 Å². The number of aromatic nitrogens is 4. The van der Waals surface area contributed by atoms with Crippen molar-refractivity contribution in [2.45, 2.75) is 76.5 Å². The van der Waals surface area contributed by atoms with Crippen LogP contribution >= 0.6 is 0 Å². The van der Waals surface area contributed by atoms with E-state index in [1.807, 2.05) is 42.2 Å². The minimum atomic E-state index is -4.41. The fourth-order valence-electron chi connectivity index (χ4n) is 5.03. The molecule has 20 nitrogen and oxygen atoms in total. The average molecular weight is 887 g/mol. The lowest BCUT2D eigenvalue weighted by Crippen LogP contribution is -2.62. The minimum absolute atomic E-state index is 0.679. The van der Waals surface area contributed by atoms with Gasteiger partial charge >= 0.3 is 34.7 Å². The number of rotatable bonds is 25. The van der Waals surface area contributed by atoms with Crippen LogP contribution in [0.15, 0.2) is 37.4 Å². The minimum Gasteiger partial charge on any atom is -0.726 e. The lowest BCUT2D eigenvalue weighted by atomic mass is 10.4. The molecule has 0 bridgehead atoms. The first-order valence-corrected chi connectivity index (χ1v) is 28.7. The molecule has 0 fully saturated rings. The molecule has 26 heteroatoms. The molecule has 2 aromatic rings. The van der Waals surface area contributed by atoms with E-state index in [-0.39, 0.29) is 0 Å². The first kappa shape index (κ1) is 52.7. The molecule has 0 saturated heterocycles. The van der Waals surface area contributed by atoms with Crippen molar-refractivity contribution in [1.82, 2.24) is 9.13 Å². The second kappa shape index (κ2) is 25.2. The van der Waals surface area contributed by atoms with Gasteiger partial charge in [0.1, 0.15) is 24.8 Å². The SMILES string of the molecule is COCCCC[Si](C)(O[Si](C)(CCCn1cc[n+](C)c1)O[Si](C)(OC)OC)O[Si](CCCn1cc[n+](C)c1)(OC)OC.COS(=O)(=O)[O-].COS(=O)(=O)[O-]. The Bertz CT molecular complexity index is 1500. The second-order valence-electron chi connectivity index (χ2n) is 12.4. The lowest BCUT2D eigenvalue weighted by molar-refractivity contribution is -0.671. The Balaban J connectivity index is 0.00000201. The molecule has 2 unspecified atom stereocenters. The van der Waals surface area contributed by atoms with Gasteiger partial charge in [-0.1, -0.05) is 0 Å². The van der Waals surface area contributed by atoms with Crippen molar-refractivity contribution in [3.63, 3.8) is 0 Å². The molecule has 0 aliphatic heterocycles. The third-order valence-electron chi connectivity index (χ3n) is 7.80. The molecule has 2 heterocycles. The number of methoxy groups -OCH3 is 1. The topological polar surface area (TPSA) is 224 Å². The fraction of sp³-hybridized carbons (Fsp3) is 0.786. The van der Waals surface area contributed by atoms with E-state index >= 15 is 0 Å². The van der Waals surface area contributed by atoms with Crippen molar-refractivity contribution in [3.05, 3.63) is 37.4 Å². The summed E-state index contributed by atoms with van der Waals surface area (Å²) in [5, 5.41) is 0. The number of aryl methyl sites for hydroxylation is 4. The van der Waals surface area contributed by atoms with Crippen LogP contribution in [0.5, 0.6) is 0 Å². The summed E-state index contributed by atoms with van der Waals surface area (Å²) in [7, 11) is -6.54. The summed E-state index contributed by atoms with van der Waals surface area (Å²) in [6.45, 7) is 8.55. The highest BCUT2D eigenvalue weighted by Crippen LogP contribution is 2.33. The van der Waals surface area contributed by atoms with Crippen LogP contribution in [0.1, 0.15) is 25.7 Å². The van der Waals surface area contributed by atoms with Gasteiger partial charge in [-0.2, -0.15) is 0 Å². The summed E-state index contributed by atoms with van der Waals surface area (Å²) in [5.41, 5.74) is 0. The third-order valence-corrected chi connectivity index (χ3v) is 24.5. The molecule has 0 spiro atoms. The molecule has 0 saturated carbocycles. The van der Waals surface area contributed by atoms with Gasteiger partial charge in [0.25, 0.3) is 0 Å². The van der Waals surface area contributed by atoms with Crippen LogP contribution in [0.3, 0.4) is 0 Å². The zero-order valence-electron chi connectivity index (χ0n) is 33.7. The predicted molar refractivity (Wildman–Crippen MR) is 201 cm³/mol. The second-order valence-corrected chi connectivity index (χ2v) is 27.9. The molecule has 2 atom stereocenters. The molecule has 0 amide bonds. The molecular weight excluding hydrogens is 825 g/mol. The van der Waals surface area contributed by atoms with Crippen LogP contribution in [0.2, 0.25) is 37.8 Å². The van der Waals surface area contributed by atoms with Gasteiger partial charge in [-0.15, -0.1) is 0 Å². The largest absolute Gasteiger partial charge is 0.726 e. The molecule has 0 radical (unpaired) electrons. The monoisotopic (exact) mass is 886 g/mol. The van der Waals surface area contributed by atoms with E-state index < -0.39 is 55.5 Å². The molecule has 54 heavy (non-hydrogen) atoms. The Morgan fingerprint density at radius 3 is 1.35 bits per heavy atom. The Hall–Kier alpha value is -1.29. The summed E-state index contributed by atoms with van der Waals surface area (Å²) in [4.78, 5) is 0. The average Bonchev–Trinajstić information content (AvgIpc) is 3.72. The van der Waals surface area contributed by atoms with E-state index in [2.05, 4.69) is 55.6 Å². The maximum atomic E-state index is 9.22. The maximum Gasteiger partial charge on any atom is 0.491 e. The molecule has 0 aliphatic rings. The van der Waals surface area contributed by atoms with E-state index in [0.717, 1.165) is 65.1 Å². The van der Waals surface area contributed by atoms with Gasteiger partial charge in [0.2, 0.25) is 33.5 Å². The predicted octanol–water partition coefficient (Wildman–Crippen LogP) is 1.32. The van der Waals surface area contributed by atoms with Gasteiger partial charge in [-0.3, -0.25) is 8.37 Å². The van der Waals surface area contributed by atoms with Gasteiger partial charge in [0, 0.05) is 54.7 Å². The standard InChI is InChI=1S/C26H56N4O8Si4.2CH4O4S/c1-27-17-19-29(25-27)15-13-23-39(8,37-41(10,32-4)33-5)36-40(9,22-12-11-21-31-3)38-42(34-6,35-7)24-14-16-30-20-18-28(2)26-30;2*1-5-6(2,3)4/h17-20,25-26H,11-16,21-24H2,1-10H3;2*1H3,(H,2,3,4)/q+2;;/p-2. The molecule has 2 aromatic heterocycles. The van der Waals surface area contributed by atoms with Crippen LogP contribution in [0, 0.1) is 0 Å². The van der Waals surface area contributed by atoms with Gasteiger partial charge in [0.05, 0.1) is 41.4 Å². The number of imidazole rings is 2. The molecule has 2 rings (SSSR count). The van der Waals surface area contributed by atoms with Crippen molar-refractivity contribution in [3.8, 4) is 0 Å². The Labute approximate surface area is 326 Å². The summed E-state index contributed by atoms with van der Waals surface area (Å²) < 4.78 is 120. The van der Waals surface area contributed by atoms with Crippen LogP contribution in [0.25, 0.3) is 0 Å². The Morgan fingerprint density at radius 1 is 0.593 bits per heavy atom. The molecule has 0 aromatic carbocycles. The van der Waals surface area contributed by atoms with Crippen LogP contribution < -0.4 is 9.13 Å². The molecule has 318 valence electrons. The normalized spacial score (nSPS) is 14.7. The summed E-state index contributed by atoms with van der Waals surface area (Å²) >= 11 is 0. The Kier molecular flexibility index (Phi) is 24.5. The number of ether oxygens (including phenoxy) is 1. The fourth-order valence-corrected chi connectivity index (χ4v) is 21.9.